The zero-order chi connectivity index (χ0) is 15.2. The molecule has 0 spiro atoms. The van der Waals surface area contributed by atoms with Crippen molar-refractivity contribution in [2.24, 2.45) is 5.92 Å². The summed E-state index contributed by atoms with van der Waals surface area (Å²) >= 11 is 0. The van der Waals surface area contributed by atoms with Crippen molar-refractivity contribution in [3.63, 3.8) is 0 Å². The summed E-state index contributed by atoms with van der Waals surface area (Å²) in [6.07, 6.45) is 5.23. The lowest BCUT2D eigenvalue weighted by atomic mass is 9.85. The summed E-state index contributed by atoms with van der Waals surface area (Å²) in [6.45, 7) is 5.48. The Hall–Kier alpha value is -1.36. The number of ether oxygens (including phenoxy) is 1. The molecule has 0 aliphatic heterocycles. The molecule has 5 nitrogen and oxygen atoms in total. The van der Waals surface area contributed by atoms with Gasteiger partial charge in [-0.25, -0.2) is 9.97 Å². The maximum atomic E-state index is 5.45. The Morgan fingerprint density at radius 2 is 2.10 bits per heavy atom. The summed E-state index contributed by atoms with van der Waals surface area (Å²) in [6, 6.07) is 2.59. The average Bonchev–Trinajstić information content (AvgIpc) is 2.52. The van der Waals surface area contributed by atoms with Crippen molar-refractivity contribution in [2.75, 3.05) is 30.9 Å². The van der Waals surface area contributed by atoms with E-state index < -0.39 is 0 Å². The highest BCUT2D eigenvalue weighted by Crippen LogP contribution is 2.30. The normalized spacial score (nSPS) is 22.1. The Morgan fingerprint density at radius 1 is 1.33 bits per heavy atom. The van der Waals surface area contributed by atoms with Gasteiger partial charge < -0.3 is 15.0 Å². The SMILES string of the molecule is CCOCc1nc(NC)cc(N(C)C2CCCCC2C)n1. The molecule has 1 N–H and O–H groups in total. The van der Waals surface area contributed by atoms with Crippen LogP contribution < -0.4 is 10.2 Å². The van der Waals surface area contributed by atoms with E-state index in [2.05, 4.69) is 34.2 Å². The van der Waals surface area contributed by atoms with Gasteiger partial charge in [0.25, 0.3) is 0 Å². The fourth-order valence-corrected chi connectivity index (χ4v) is 3.09. The van der Waals surface area contributed by atoms with Gasteiger partial charge in [-0.1, -0.05) is 19.8 Å². The van der Waals surface area contributed by atoms with Crippen LogP contribution in [0.4, 0.5) is 11.6 Å². The van der Waals surface area contributed by atoms with Gasteiger partial charge in [0.15, 0.2) is 5.82 Å². The molecule has 1 aliphatic carbocycles. The highest BCUT2D eigenvalue weighted by molar-refractivity contribution is 5.49. The molecule has 1 aromatic rings. The van der Waals surface area contributed by atoms with E-state index in [0.29, 0.717) is 25.2 Å². The minimum atomic E-state index is 0.465. The molecule has 1 aliphatic rings. The summed E-state index contributed by atoms with van der Waals surface area (Å²) in [5, 5.41) is 3.12. The Labute approximate surface area is 128 Å². The number of rotatable bonds is 6. The number of nitrogens with zero attached hydrogens (tertiary/aromatic N) is 3. The van der Waals surface area contributed by atoms with Crippen molar-refractivity contribution in [1.82, 2.24) is 9.97 Å². The van der Waals surface area contributed by atoms with Crippen molar-refractivity contribution in [3.05, 3.63) is 11.9 Å². The van der Waals surface area contributed by atoms with Gasteiger partial charge in [0, 0.05) is 32.8 Å². The second-order valence-electron chi connectivity index (χ2n) is 5.85. The summed E-state index contributed by atoms with van der Waals surface area (Å²) < 4.78 is 5.45. The molecule has 2 rings (SSSR count). The molecule has 1 saturated carbocycles. The standard InChI is InChI=1S/C16H28N4O/c1-5-21-11-15-18-14(17-3)10-16(19-15)20(4)13-9-7-6-8-12(13)2/h10,12-13H,5-9,11H2,1-4H3,(H,17,18,19). The highest BCUT2D eigenvalue weighted by Gasteiger charge is 2.26. The Bertz CT molecular complexity index is 452. The molecule has 0 radical (unpaired) electrons. The maximum Gasteiger partial charge on any atom is 0.158 e. The van der Waals surface area contributed by atoms with E-state index in [4.69, 9.17) is 4.74 Å². The maximum absolute atomic E-state index is 5.45. The first kappa shape index (κ1) is 16.0. The molecule has 0 amide bonds. The Kier molecular flexibility index (Phi) is 5.79. The van der Waals surface area contributed by atoms with Crippen LogP contribution >= 0.6 is 0 Å². The van der Waals surface area contributed by atoms with Gasteiger partial charge in [0.05, 0.1) is 0 Å². The summed E-state index contributed by atoms with van der Waals surface area (Å²) in [4.78, 5) is 11.5. The lowest BCUT2D eigenvalue weighted by Crippen LogP contribution is -2.39. The summed E-state index contributed by atoms with van der Waals surface area (Å²) in [5.41, 5.74) is 0. The van der Waals surface area contributed by atoms with Gasteiger partial charge in [-0.05, 0) is 25.7 Å². The van der Waals surface area contributed by atoms with Crippen LogP contribution in [0, 0.1) is 5.92 Å². The first-order valence-corrected chi connectivity index (χ1v) is 8.02. The fourth-order valence-electron chi connectivity index (χ4n) is 3.09. The summed E-state index contributed by atoms with van der Waals surface area (Å²) in [5.74, 6) is 3.30. The van der Waals surface area contributed by atoms with Crippen LogP contribution in [0.25, 0.3) is 0 Å². The highest BCUT2D eigenvalue weighted by atomic mass is 16.5. The number of anilines is 2. The van der Waals surface area contributed by atoms with Gasteiger partial charge >= 0.3 is 0 Å². The van der Waals surface area contributed by atoms with E-state index >= 15 is 0 Å². The smallest absolute Gasteiger partial charge is 0.158 e. The van der Waals surface area contributed by atoms with Crippen LogP contribution in [-0.4, -0.2) is 36.7 Å². The largest absolute Gasteiger partial charge is 0.374 e. The van der Waals surface area contributed by atoms with Crippen molar-refractivity contribution in [1.29, 1.82) is 0 Å². The van der Waals surface area contributed by atoms with E-state index in [9.17, 15) is 0 Å². The zero-order valence-corrected chi connectivity index (χ0v) is 13.7. The third-order valence-corrected chi connectivity index (χ3v) is 4.38. The quantitative estimate of drug-likeness (QED) is 0.873. The van der Waals surface area contributed by atoms with Crippen LogP contribution in [0.1, 0.15) is 45.4 Å². The number of nitrogens with one attached hydrogen (secondary N) is 1. The minimum Gasteiger partial charge on any atom is -0.374 e. The first-order chi connectivity index (χ1) is 10.2. The molecule has 2 atom stereocenters. The first-order valence-electron chi connectivity index (χ1n) is 8.02. The van der Waals surface area contributed by atoms with E-state index in [0.717, 1.165) is 17.5 Å². The number of hydrogen-bond acceptors (Lipinski definition) is 5. The van der Waals surface area contributed by atoms with Crippen molar-refractivity contribution >= 4 is 11.6 Å². The van der Waals surface area contributed by atoms with Gasteiger partial charge in [-0.3, -0.25) is 0 Å². The van der Waals surface area contributed by atoms with Crippen LogP contribution in [-0.2, 0) is 11.3 Å². The van der Waals surface area contributed by atoms with Gasteiger partial charge in [-0.2, -0.15) is 0 Å². The molecule has 0 aromatic carbocycles. The second kappa shape index (κ2) is 7.59. The fraction of sp³-hybridized carbons (Fsp3) is 0.750. The molecule has 1 heterocycles. The van der Waals surface area contributed by atoms with Gasteiger partial charge in [0.1, 0.15) is 18.2 Å². The Balaban J connectivity index is 2.19. The molecule has 21 heavy (non-hydrogen) atoms. The molecule has 0 bridgehead atoms. The summed E-state index contributed by atoms with van der Waals surface area (Å²) in [7, 11) is 4.04. The van der Waals surface area contributed by atoms with Crippen LogP contribution in [0.5, 0.6) is 0 Å². The van der Waals surface area contributed by atoms with Crippen molar-refractivity contribution < 1.29 is 4.74 Å². The predicted molar refractivity (Wildman–Crippen MR) is 86.7 cm³/mol. The molecule has 2 unspecified atom stereocenters. The number of hydrogen-bond donors (Lipinski definition) is 1. The second-order valence-corrected chi connectivity index (χ2v) is 5.85. The third-order valence-electron chi connectivity index (χ3n) is 4.38. The van der Waals surface area contributed by atoms with E-state index in [1.165, 1.54) is 25.7 Å². The van der Waals surface area contributed by atoms with E-state index in [1.807, 2.05) is 20.0 Å². The molecular weight excluding hydrogens is 264 g/mol. The zero-order valence-electron chi connectivity index (χ0n) is 13.7. The molecule has 0 saturated heterocycles. The van der Waals surface area contributed by atoms with Crippen LogP contribution in [0.15, 0.2) is 6.07 Å². The molecule has 5 heteroatoms. The molecule has 1 aromatic heterocycles. The molecular formula is C16H28N4O. The van der Waals surface area contributed by atoms with Crippen molar-refractivity contribution in [3.8, 4) is 0 Å². The Morgan fingerprint density at radius 3 is 2.76 bits per heavy atom. The minimum absolute atomic E-state index is 0.465. The van der Waals surface area contributed by atoms with Crippen LogP contribution in [0.3, 0.4) is 0 Å². The van der Waals surface area contributed by atoms with Gasteiger partial charge in [0.2, 0.25) is 0 Å². The van der Waals surface area contributed by atoms with Crippen LogP contribution in [0.2, 0.25) is 0 Å². The molecule has 118 valence electrons. The van der Waals surface area contributed by atoms with Crippen molar-refractivity contribution in [2.45, 2.75) is 52.2 Å². The molecule has 1 fully saturated rings. The topological polar surface area (TPSA) is 50.3 Å². The lowest BCUT2D eigenvalue weighted by molar-refractivity contribution is 0.128. The lowest BCUT2D eigenvalue weighted by Gasteiger charge is -2.37. The monoisotopic (exact) mass is 292 g/mol. The van der Waals surface area contributed by atoms with E-state index in [-0.39, 0.29) is 0 Å². The number of aromatic nitrogens is 2. The van der Waals surface area contributed by atoms with Gasteiger partial charge in [-0.15, -0.1) is 0 Å². The van der Waals surface area contributed by atoms with E-state index in [1.54, 1.807) is 0 Å². The predicted octanol–water partition coefficient (Wildman–Crippen LogP) is 3.07. The third kappa shape index (κ3) is 4.06. The average molecular weight is 292 g/mol.